The molecule has 0 amide bonds. The van der Waals surface area contributed by atoms with Crippen molar-refractivity contribution >= 4 is 17.3 Å². The highest BCUT2D eigenvalue weighted by molar-refractivity contribution is 5.80. The Bertz CT molecular complexity index is 1190. The second-order valence-electron chi connectivity index (χ2n) is 8.63. The molecule has 3 aromatic carbocycles. The quantitative estimate of drug-likeness (QED) is 0.399. The molecule has 176 valence electrons. The van der Waals surface area contributed by atoms with E-state index >= 15 is 0 Å². The number of nitriles is 1. The van der Waals surface area contributed by atoms with Crippen LogP contribution in [0.1, 0.15) is 42.9 Å². The van der Waals surface area contributed by atoms with Crippen LogP contribution in [0.3, 0.4) is 0 Å². The van der Waals surface area contributed by atoms with Gasteiger partial charge in [-0.3, -0.25) is 4.79 Å². The van der Waals surface area contributed by atoms with Gasteiger partial charge >= 0.3 is 12.1 Å². The summed E-state index contributed by atoms with van der Waals surface area (Å²) in [4.78, 5) is 13.9. The summed E-state index contributed by atoms with van der Waals surface area (Å²) in [7, 11) is 1.81. The standard InChI is InChI=1S/C27H25F3N2O2/c1-17(2)12-25(26(33)34)21-13-20(19-6-8-22(9-7-19)27(28,29)30)14-24(15-21)32(3)23-10-4-18(16-31)5-11-23/h4-11,13-15,17,25H,12H2,1-3H3,(H,33,34). The number of aliphatic carboxylic acids is 1. The topological polar surface area (TPSA) is 64.3 Å². The molecule has 0 aliphatic carbocycles. The number of carboxylic acid groups (broad SMARTS) is 1. The summed E-state index contributed by atoms with van der Waals surface area (Å²) < 4.78 is 39.1. The third-order valence-electron chi connectivity index (χ3n) is 5.66. The lowest BCUT2D eigenvalue weighted by atomic mass is 9.88. The van der Waals surface area contributed by atoms with E-state index < -0.39 is 23.6 Å². The summed E-state index contributed by atoms with van der Waals surface area (Å²) >= 11 is 0. The highest BCUT2D eigenvalue weighted by Gasteiger charge is 2.30. The van der Waals surface area contributed by atoms with E-state index in [4.69, 9.17) is 5.26 Å². The number of hydrogen-bond donors (Lipinski definition) is 1. The minimum Gasteiger partial charge on any atom is -0.481 e. The molecule has 0 aromatic heterocycles. The summed E-state index contributed by atoms with van der Waals surface area (Å²) in [5, 5.41) is 18.9. The highest BCUT2D eigenvalue weighted by Crippen LogP contribution is 2.36. The molecule has 0 heterocycles. The molecule has 3 rings (SSSR count). The molecule has 1 unspecified atom stereocenters. The van der Waals surface area contributed by atoms with E-state index in [1.54, 1.807) is 36.4 Å². The molecule has 4 nitrogen and oxygen atoms in total. The summed E-state index contributed by atoms with van der Waals surface area (Å²) in [6, 6.07) is 19.2. The first kappa shape index (κ1) is 24.8. The van der Waals surface area contributed by atoms with Crippen LogP contribution in [0.25, 0.3) is 11.1 Å². The molecule has 0 radical (unpaired) electrons. The van der Waals surface area contributed by atoms with Crippen molar-refractivity contribution in [1.29, 1.82) is 5.26 Å². The molecule has 1 N–H and O–H groups in total. The number of hydrogen-bond acceptors (Lipinski definition) is 3. The number of carboxylic acids is 1. The number of nitrogens with zero attached hydrogens (tertiary/aromatic N) is 2. The maximum atomic E-state index is 13.0. The average Bonchev–Trinajstić information content (AvgIpc) is 2.81. The Kier molecular flexibility index (Phi) is 7.31. The van der Waals surface area contributed by atoms with Crippen molar-refractivity contribution in [1.82, 2.24) is 0 Å². The highest BCUT2D eigenvalue weighted by atomic mass is 19.4. The van der Waals surface area contributed by atoms with Gasteiger partial charge in [0.15, 0.2) is 0 Å². The summed E-state index contributed by atoms with van der Waals surface area (Å²) in [6.07, 6.45) is -4.02. The summed E-state index contributed by atoms with van der Waals surface area (Å²) in [6.45, 7) is 3.89. The molecule has 7 heteroatoms. The third-order valence-corrected chi connectivity index (χ3v) is 5.66. The SMILES string of the molecule is CC(C)CC(C(=O)O)c1cc(-c2ccc(C(F)(F)F)cc2)cc(N(C)c2ccc(C#N)cc2)c1. The minimum absolute atomic E-state index is 0.135. The van der Waals surface area contributed by atoms with Crippen LogP contribution in [0.4, 0.5) is 24.5 Å². The van der Waals surface area contributed by atoms with Gasteiger partial charge in [-0.25, -0.2) is 0 Å². The third kappa shape index (κ3) is 5.76. The number of halogens is 3. The van der Waals surface area contributed by atoms with Gasteiger partial charge in [-0.15, -0.1) is 0 Å². The van der Waals surface area contributed by atoms with Gasteiger partial charge in [-0.2, -0.15) is 18.4 Å². The molecule has 0 bridgehead atoms. The molecule has 0 saturated heterocycles. The maximum absolute atomic E-state index is 13.0. The Morgan fingerprint density at radius 1 is 0.971 bits per heavy atom. The Morgan fingerprint density at radius 3 is 2.09 bits per heavy atom. The van der Waals surface area contributed by atoms with Crippen molar-refractivity contribution in [3.8, 4) is 17.2 Å². The number of alkyl halides is 3. The molecular formula is C27H25F3N2O2. The van der Waals surface area contributed by atoms with Crippen molar-refractivity contribution in [2.75, 3.05) is 11.9 Å². The zero-order chi connectivity index (χ0) is 25.0. The lowest BCUT2D eigenvalue weighted by Gasteiger charge is -2.24. The molecule has 0 spiro atoms. The van der Waals surface area contributed by atoms with Gasteiger partial charge in [0, 0.05) is 18.4 Å². The molecule has 0 aliphatic rings. The fourth-order valence-electron chi connectivity index (χ4n) is 3.81. The molecule has 1 atom stereocenters. The first-order valence-corrected chi connectivity index (χ1v) is 10.8. The lowest BCUT2D eigenvalue weighted by Crippen LogP contribution is -2.16. The average molecular weight is 467 g/mol. The van der Waals surface area contributed by atoms with Crippen molar-refractivity contribution in [3.63, 3.8) is 0 Å². The van der Waals surface area contributed by atoms with E-state index in [0.29, 0.717) is 34.4 Å². The smallest absolute Gasteiger partial charge is 0.416 e. The van der Waals surface area contributed by atoms with E-state index in [0.717, 1.165) is 17.8 Å². The lowest BCUT2D eigenvalue weighted by molar-refractivity contribution is -0.139. The van der Waals surface area contributed by atoms with Gasteiger partial charge in [-0.1, -0.05) is 32.0 Å². The monoisotopic (exact) mass is 466 g/mol. The Labute approximate surface area is 196 Å². The van der Waals surface area contributed by atoms with Gasteiger partial charge in [-0.05, 0) is 77.6 Å². The predicted molar refractivity (Wildman–Crippen MR) is 126 cm³/mol. The largest absolute Gasteiger partial charge is 0.481 e. The molecule has 0 fully saturated rings. The van der Waals surface area contributed by atoms with Crippen molar-refractivity contribution in [2.45, 2.75) is 32.4 Å². The number of benzene rings is 3. The van der Waals surface area contributed by atoms with E-state index in [1.807, 2.05) is 31.9 Å². The van der Waals surface area contributed by atoms with Crippen molar-refractivity contribution in [2.24, 2.45) is 5.92 Å². The fraction of sp³-hybridized carbons (Fsp3) is 0.259. The van der Waals surface area contributed by atoms with Gasteiger partial charge in [0.2, 0.25) is 0 Å². The van der Waals surface area contributed by atoms with Crippen LogP contribution in [0.2, 0.25) is 0 Å². The van der Waals surface area contributed by atoms with Crippen LogP contribution < -0.4 is 4.90 Å². The maximum Gasteiger partial charge on any atom is 0.416 e. The van der Waals surface area contributed by atoms with Crippen LogP contribution in [0.5, 0.6) is 0 Å². The van der Waals surface area contributed by atoms with Gasteiger partial charge in [0.1, 0.15) is 0 Å². The predicted octanol–water partition coefficient (Wildman–Crippen LogP) is 7.23. The number of anilines is 2. The summed E-state index contributed by atoms with van der Waals surface area (Å²) in [5.74, 6) is -1.58. The second kappa shape index (κ2) is 10.0. The van der Waals surface area contributed by atoms with Gasteiger partial charge in [0.05, 0.1) is 23.1 Å². The van der Waals surface area contributed by atoms with Crippen molar-refractivity contribution < 1.29 is 23.1 Å². The van der Waals surface area contributed by atoms with E-state index in [9.17, 15) is 23.1 Å². The van der Waals surface area contributed by atoms with E-state index in [2.05, 4.69) is 6.07 Å². The fourth-order valence-corrected chi connectivity index (χ4v) is 3.81. The number of carbonyl (C=O) groups is 1. The first-order chi connectivity index (χ1) is 16.0. The van der Waals surface area contributed by atoms with Crippen molar-refractivity contribution in [3.05, 3.63) is 83.4 Å². The molecule has 34 heavy (non-hydrogen) atoms. The van der Waals surface area contributed by atoms with Crippen LogP contribution in [0, 0.1) is 17.2 Å². The Balaban J connectivity index is 2.12. The molecule has 0 aliphatic heterocycles. The second-order valence-corrected chi connectivity index (χ2v) is 8.63. The van der Waals surface area contributed by atoms with E-state index in [-0.39, 0.29) is 5.92 Å². The number of rotatable bonds is 7. The molecule has 0 saturated carbocycles. The van der Waals surface area contributed by atoms with Crippen LogP contribution in [-0.4, -0.2) is 18.1 Å². The Morgan fingerprint density at radius 2 is 1.59 bits per heavy atom. The zero-order valence-corrected chi connectivity index (χ0v) is 19.1. The first-order valence-electron chi connectivity index (χ1n) is 10.8. The summed E-state index contributed by atoms with van der Waals surface area (Å²) in [5.41, 5.74) is 2.99. The van der Waals surface area contributed by atoms with Crippen LogP contribution in [0.15, 0.2) is 66.7 Å². The van der Waals surface area contributed by atoms with E-state index in [1.165, 1.54) is 12.1 Å². The van der Waals surface area contributed by atoms with Gasteiger partial charge < -0.3 is 10.0 Å². The van der Waals surface area contributed by atoms with Crippen LogP contribution >= 0.6 is 0 Å². The van der Waals surface area contributed by atoms with Crippen LogP contribution in [-0.2, 0) is 11.0 Å². The Hall–Kier alpha value is -3.79. The zero-order valence-electron chi connectivity index (χ0n) is 19.1. The molecular weight excluding hydrogens is 441 g/mol. The molecule has 3 aromatic rings. The normalized spacial score (nSPS) is 12.3. The van der Waals surface area contributed by atoms with Gasteiger partial charge in [0.25, 0.3) is 0 Å². The minimum atomic E-state index is -4.44.